The zero-order chi connectivity index (χ0) is 9.52. The Hall–Kier alpha value is -0.500. The molecule has 0 saturated heterocycles. The predicted octanol–water partition coefficient (Wildman–Crippen LogP) is 3.49. The highest BCUT2D eigenvalue weighted by molar-refractivity contribution is 9.09. The summed E-state index contributed by atoms with van der Waals surface area (Å²) in [6.07, 6.45) is 1.10. The van der Waals surface area contributed by atoms with Crippen molar-refractivity contribution >= 4 is 15.9 Å². The van der Waals surface area contributed by atoms with Gasteiger partial charge in [0, 0.05) is 5.33 Å². The van der Waals surface area contributed by atoms with Gasteiger partial charge in [0.1, 0.15) is 5.75 Å². The van der Waals surface area contributed by atoms with Gasteiger partial charge in [-0.3, -0.25) is 0 Å². The highest BCUT2D eigenvalue weighted by Crippen LogP contribution is 2.11. The van der Waals surface area contributed by atoms with Gasteiger partial charge in [0.25, 0.3) is 0 Å². The van der Waals surface area contributed by atoms with E-state index in [4.69, 9.17) is 4.74 Å². The van der Waals surface area contributed by atoms with Crippen molar-refractivity contribution in [3.63, 3.8) is 0 Å². The van der Waals surface area contributed by atoms with Crippen LogP contribution >= 0.6 is 15.9 Å². The first-order chi connectivity index (χ1) is 6.33. The summed E-state index contributed by atoms with van der Waals surface area (Å²) < 4.78 is 5.56. The summed E-state index contributed by atoms with van der Waals surface area (Å²) in [7, 11) is 0. The van der Waals surface area contributed by atoms with Crippen LogP contribution in [0.15, 0.2) is 30.3 Å². The molecular formula is C11H15BrO. The van der Waals surface area contributed by atoms with Gasteiger partial charge in [0.15, 0.2) is 0 Å². The minimum absolute atomic E-state index is 0.684. The lowest BCUT2D eigenvalue weighted by Gasteiger charge is -2.08. The standard InChI is InChI=1S/C11H15BrO/c1-10(9-12)7-8-13-11-5-3-2-4-6-11/h2-6,10H,7-9H2,1H3. The van der Waals surface area contributed by atoms with Crippen LogP contribution in [-0.2, 0) is 0 Å². The van der Waals surface area contributed by atoms with Crippen LogP contribution in [0.2, 0.25) is 0 Å². The fraction of sp³-hybridized carbons (Fsp3) is 0.455. The first kappa shape index (κ1) is 10.6. The molecule has 0 aromatic heterocycles. The number of ether oxygens (including phenoxy) is 1. The molecule has 0 heterocycles. The summed E-state index contributed by atoms with van der Waals surface area (Å²) >= 11 is 3.45. The molecule has 1 nitrogen and oxygen atoms in total. The summed E-state index contributed by atoms with van der Waals surface area (Å²) in [5.74, 6) is 1.65. The molecule has 13 heavy (non-hydrogen) atoms. The normalized spacial score (nSPS) is 12.5. The van der Waals surface area contributed by atoms with Crippen LogP contribution in [0.1, 0.15) is 13.3 Å². The Labute approximate surface area is 88.2 Å². The topological polar surface area (TPSA) is 9.23 Å². The maximum Gasteiger partial charge on any atom is 0.119 e. The molecule has 0 aliphatic heterocycles. The molecule has 1 aromatic carbocycles. The number of hydrogen-bond acceptors (Lipinski definition) is 1. The average molecular weight is 243 g/mol. The van der Waals surface area contributed by atoms with E-state index in [0.29, 0.717) is 5.92 Å². The van der Waals surface area contributed by atoms with Gasteiger partial charge in [-0.15, -0.1) is 0 Å². The van der Waals surface area contributed by atoms with Crippen molar-refractivity contribution in [2.45, 2.75) is 13.3 Å². The fourth-order valence-electron chi connectivity index (χ4n) is 0.972. The fourth-order valence-corrected chi connectivity index (χ4v) is 1.30. The number of halogens is 1. The van der Waals surface area contributed by atoms with Crippen molar-refractivity contribution in [3.8, 4) is 5.75 Å². The van der Waals surface area contributed by atoms with Gasteiger partial charge in [-0.1, -0.05) is 41.1 Å². The molecule has 2 heteroatoms. The van der Waals surface area contributed by atoms with Gasteiger partial charge in [0.2, 0.25) is 0 Å². The molecule has 1 rings (SSSR count). The van der Waals surface area contributed by atoms with Gasteiger partial charge in [-0.25, -0.2) is 0 Å². The SMILES string of the molecule is CC(CBr)CCOc1ccccc1. The van der Waals surface area contributed by atoms with Crippen molar-refractivity contribution in [2.75, 3.05) is 11.9 Å². The lowest BCUT2D eigenvalue weighted by atomic mass is 10.1. The van der Waals surface area contributed by atoms with E-state index >= 15 is 0 Å². The van der Waals surface area contributed by atoms with Crippen molar-refractivity contribution in [2.24, 2.45) is 5.92 Å². The van der Waals surface area contributed by atoms with E-state index in [1.807, 2.05) is 30.3 Å². The molecule has 72 valence electrons. The Bertz CT molecular complexity index is 223. The molecule has 0 radical (unpaired) electrons. The zero-order valence-electron chi connectivity index (χ0n) is 7.87. The number of benzene rings is 1. The van der Waals surface area contributed by atoms with Crippen molar-refractivity contribution in [3.05, 3.63) is 30.3 Å². The minimum atomic E-state index is 0.684. The highest BCUT2D eigenvalue weighted by atomic mass is 79.9. The summed E-state index contributed by atoms with van der Waals surface area (Å²) in [6, 6.07) is 9.94. The largest absolute Gasteiger partial charge is 0.494 e. The smallest absolute Gasteiger partial charge is 0.119 e. The number of rotatable bonds is 5. The first-order valence-corrected chi connectivity index (χ1v) is 5.69. The van der Waals surface area contributed by atoms with E-state index in [0.717, 1.165) is 24.1 Å². The minimum Gasteiger partial charge on any atom is -0.494 e. The molecule has 0 saturated carbocycles. The number of hydrogen-bond donors (Lipinski definition) is 0. The maximum absolute atomic E-state index is 5.56. The molecule has 0 bridgehead atoms. The van der Waals surface area contributed by atoms with E-state index in [-0.39, 0.29) is 0 Å². The van der Waals surface area contributed by atoms with E-state index in [1.54, 1.807) is 0 Å². The van der Waals surface area contributed by atoms with Crippen LogP contribution in [0.5, 0.6) is 5.75 Å². The summed E-state index contributed by atoms with van der Waals surface area (Å²) in [5.41, 5.74) is 0. The lowest BCUT2D eigenvalue weighted by Crippen LogP contribution is -2.04. The van der Waals surface area contributed by atoms with Gasteiger partial charge < -0.3 is 4.74 Å². The van der Waals surface area contributed by atoms with Crippen molar-refractivity contribution in [1.29, 1.82) is 0 Å². The summed E-state index contributed by atoms with van der Waals surface area (Å²) in [5, 5.41) is 1.05. The van der Waals surface area contributed by atoms with Crippen LogP contribution in [0.3, 0.4) is 0 Å². The number of alkyl halides is 1. The average Bonchev–Trinajstić information content (AvgIpc) is 2.19. The van der Waals surface area contributed by atoms with Crippen molar-refractivity contribution in [1.82, 2.24) is 0 Å². The highest BCUT2D eigenvalue weighted by Gasteiger charge is 1.99. The van der Waals surface area contributed by atoms with Crippen LogP contribution in [0.25, 0.3) is 0 Å². The Morgan fingerprint density at radius 1 is 1.31 bits per heavy atom. The monoisotopic (exact) mass is 242 g/mol. The Kier molecular flexibility index (Phi) is 4.91. The molecule has 0 amide bonds. The van der Waals surface area contributed by atoms with Crippen LogP contribution in [0.4, 0.5) is 0 Å². The second-order valence-corrected chi connectivity index (χ2v) is 3.86. The molecular weight excluding hydrogens is 228 g/mol. The third-order valence-corrected chi connectivity index (χ3v) is 2.99. The van der Waals surface area contributed by atoms with E-state index < -0.39 is 0 Å². The van der Waals surface area contributed by atoms with Gasteiger partial charge in [-0.2, -0.15) is 0 Å². The Balaban J connectivity index is 2.20. The third kappa shape index (κ3) is 4.32. The van der Waals surface area contributed by atoms with Gasteiger partial charge in [-0.05, 0) is 24.5 Å². The number of para-hydroxylation sites is 1. The molecule has 1 aromatic rings. The van der Waals surface area contributed by atoms with Crippen LogP contribution < -0.4 is 4.74 Å². The van der Waals surface area contributed by atoms with Crippen molar-refractivity contribution < 1.29 is 4.74 Å². The third-order valence-electron chi connectivity index (χ3n) is 1.89. The van der Waals surface area contributed by atoms with E-state index in [9.17, 15) is 0 Å². The van der Waals surface area contributed by atoms with Crippen LogP contribution in [0, 0.1) is 5.92 Å². The van der Waals surface area contributed by atoms with E-state index in [1.165, 1.54) is 0 Å². The quantitative estimate of drug-likeness (QED) is 0.719. The Morgan fingerprint density at radius 2 is 2.00 bits per heavy atom. The molecule has 0 N–H and O–H groups in total. The van der Waals surface area contributed by atoms with Gasteiger partial charge >= 0.3 is 0 Å². The zero-order valence-corrected chi connectivity index (χ0v) is 9.46. The van der Waals surface area contributed by atoms with Crippen LogP contribution in [-0.4, -0.2) is 11.9 Å². The van der Waals surface area contributed by atoms with E-state index in [2.05, 4.69) is 22.9 Å². The lowest BCUT2D eigenvalue weighted by molar-refractivity contribution is 0.291. The van der Waals surface area contributed by atoms with Gasteiger partial charge in [0.05, 0.1) is 6.61 Å². The second kappa shape index (κ2) is 6.03. The molecule has 0 fully saturated rings. The maximum atomic E-state index is 5.56. The molecule has 0 aliphatic carbocycles. The summed E-state index contributed by atoms with van der Waals surface area (Å²) in [4.78, 5) is 0. The first-order valence-electron chi connectivity index (χ1n) is 4.56. The Morgan fingerprint density at radius 3 is 2.62 bits per heavy atom. The predicted molar refractivity (Wildman–Crippen MR) is 59.5 cm³/mol. The molecule has 1 atom stereocenters. The molecule has 0 aliphatic rings. The summed E-state index contributed by atoms with van der Waals surface area (Å²) in [6.45, 7) is 3.01. The molecule has 0 spiro atoms. The second-order valence-electron chi connectivity index (χ2n) is 3.21. The molecule has 1 unspecified atom stereocenters.